The number of nitrogens with one attached hydrogen (secondary N) is 1. The number of hydrogen-bond acceptors (Lipinski definition) is 4. The second-order valence-corrected chi connectivity index (χ2v) is 6.47. The number of amides is 1. The van der Waals surface area contributed by atoms with E-state index < -0.39 is 0 Å². The minimum Gasteiger partial charge on any atom is -0.468 e. The number of rotatable bonds is 4. The number of carbonyl (C=O) groups excluding carboxylic acids is 1. The van der Waals surface area contributed by atoms with Crippen LogP contribution in [0.25, 0.3) is 0 Å². The van der Waals surface area contributed by atoms with Gasteiger partial charge in [0.2, 0.25) is 5.91 Å². The van der Waals surface area contributed by atoms with E-state index in [0.29, 0.717) is 12.5 Å². The average Bonchev–Trinajstić information content (AvgIpc) is 3.11. The first-order chi connectivity index (χ1) is 11.0. The Kier molecular flexibility index (Phi) is 4.52. The predicted molar refractivity (Wildman–Crippen MR) is 88.0 cm³/mol. The Balaban J connectivity index is 1.67. The van der Waals surface area contributed by atoms with E-state index in [1.165, 1.54) is 0 Å². The zero-order chi connectivity index (χ0) is 16.4. The molecule has 0 bridgehead atoms. The van der Waals surface area contributed by atoms with E-state index in [0.717, 1.165) is 36.7 Å². The molecule has 2 atom stereocenters. The van der Waals surface area contributed by atoms with Crippen molar-refractivity contribution in [2.75, 3.05) is 18.4 Å². The number of anilines is 1. The molecule has 0 aromatic carbocycles. The summed E-state index contributed by atoms with van der Waals surface area (Å²) in [4.78, 5) is 14.6. The molecule has 1 fully saturated rings. The minimum atomic E-state index is -0.0147. The van der Waals surface area contributed by atoms with Crippen LogP contribution in [0, 0.1) is 12.8 Å². The Bertz CT molecular complexity index is 662. The molecule has 124 valence electrons. The zero-order valence-corrected chi connectivity index (χ0v) is 14.0. The maximum atomic E-state index is 12.4. The van der Waals surface area contributed by atoms with Crippen LogP contribution >= 0.6 is 0 Å². The fourth-order valence-electron chi connectivity index (χ4n) is 3.25. The van der Waals surface area contributed by atoms with Gasteiger partial charge in [0, 0.05) is 13.1 Å². The lowest BCUT2D eigenvalue weighted by Crippen LogP contribution is -2.41. The Hall–Kier alpha value is -2.08. The van der Waals surface area contributed by atoms with E-state index in [1.807, 2.05) is 32.2 Å². The van der Waals surface area contributed by atoms with E-state index in [4.69, 9.17) is 4.42 Å². The number of carbonyl (C=O) groups is 1. The molecule has 1 aliphatic heterocycles. The van der Waals surface area contributed by atoms with Gasteiger partial charge < -0.3 is 9.73 Å². The van der Waals surface area contributed by atoms with Crippen molar-refractivity contribution in [3.63, 3.8) is 0 Å². The van der Waals surface area contributed by atoms with Crippen LogP contribution in [0.1, 0.15) is 37.3 Å². The number of likely N-dealkylation sites (tertiary alicyclic amines) is 1. The molecule has 3 rings (SSSR count). The molecular formula is C17H24N4O2. The van der Waals surface area contributed by atoms with Gasteiger partial charge in [0.25, 0.3) is 0 Å². The van der Waals surface area contributed by atoms with Gasteiger partial charge in [-0.25, -0.2) is 0 Å². The first-order valence-electron chi connectivity index (χ1n) is 8.11. The summed E-state index contributed by atoms with van der Waals surface area (Å²) in [6.45, 7) is 5.44. The summed E-state index contributed by atoms with van der Waals surface area (Å²) in [7, 11) is 1.83. The maximum Gasteiger partial charge on any atom is 0.239 e. The van der Waals surface area contributed by atoms with Crippen LogP contribution in [-0.2, 0) is 11.8 Å². The predicted octanol–water partition coefficient (Wildman–Crippen LogP) is 2.73. The van der Waals surface area contributed by atoms with Crippen LogP contribution in [0.2, 0.25) is 0 Å². The molecule has 1 aliphatic rings. The molecule has 1 amide bonds. The number of hydrogen-bond donors (Lipinski definition) is 1. The normalized spacial score (nSPS) is 22.2. The summed E-state index contributed by atoms with van der Waals surface area (Å²) >= 11 is 0. The van der Waals surface area contributed by atoms with Crippen molar-refractivity contribution in [1.29, 1.82) is 0 Å². The number of piperidine rings is 1. The molecule has 23 heavy (non-hydrogen) atoms. The molecule has 0 radical (unpaired) electrons. The lowest BCUT2D eigenvalue weighted by Gasteiger charge is -2.36. The fraction of sp³-hybridized carbons (Fsp3) is 0.529. The summed E-state index contributed by atoms with van der Waals surface area (Å²) in [6, 6.07) is 5.96. The third kappa shape index (κ3) is 3.64. The van der Waals surface area contributed by atoms with Crippen molar-refractivity contribution in [2.45, 2.75) is 32.7 Å². The Morgan fingerprint density at radius 1 is 1.52 bits per heavy atom. The SMILES string of the molecule is Cc1cc(NC(=O)CN2CC[C@H](C)C[C@H]2c2ccco2)n(C)n1. The van der Waals surface area contributed by atoms with Gasteiger partial charge in [-0.1, -0.05) is 6.92 Å². The molecule has 6 nitrogen and oxygen atoms in total. The van der Waals surface area contributed by atoms with Gasteiger partial charge in [-0.3, -0.25) is 14.4 Å². The summed E-state index contributed by atoms with van der Waals surface area (Å²) in [5.41, 5.74) is 0.892. The van der Waals surface area contributed by atoms with Gasteiger partial charge >= 0.3 is 0 Å². The standard InChI is InChI=1S/C17H24N4O2/c1-12-6-7-21(14(9-12)15-5-4-8-23-15)11-17(22)18-16-10-13(2)19-20(16)3/h4-5,8,10,12,14H,6-7,9,11H2,1-3H3,(H,18,22)/t12-,14-/m0/s1. The van der Waals surface area contributed by atoms with Crippen LogP contribution in [0.15, 0.2) is 28.9 Å². The van der Waals surface area contributed by atoms with E-state index in [9.17, 15) is 4.79 Å². The third-order valence-corrected chi connectivity index (χ3v) is 4.46. The summed E-state index contributed by atoms with van der Waals surface area (Å²) in [6.07, 6.45) is 3.83. The first kappa shape index (κ1) is 15.8. The highest BCUT2D eigenvalue weighted by Gasteiger charge is 2.30. The monoisotopic (exact) mass is 316 g/mol. The van der Waals surface area contributed by atoms with Gasteiger partial charge in [0.05, 0.1) is 24.5 Å². The molecule has 1 N–H and O–H groups in total. The van der Waals surface area contributed by atoms with Gasteiger partial charge in [-0.15, -0.1) is 0 Å². The molecule has 0 saturated carbocycles. The Labute approximate surface area is 136 Å². The summed E-state index contributed by atoms with van der Waals surface area (Å²) in [5, 5.41) is 7.19. The lowest BCUT2D eigenvalue weighted by atomic mass is 9.91. The van der Waals surface area contributed by atoms with Gasteiger partial charge in [0.1, 0.15) is 11.6 Å². The third-order valence-electron chi connectivity index (χ3n) is 4.46. The molecule has 1 saturated heterocycles. The minimum absolute atomic E-state index is 0.0147. The molecule has 2 aromatic rings. The maximum absolute atomic E-state index is 12.4. The summed E-state index contributed by atoms with van der Waals surface area (Å²) < 4.78 is 7.28. The second-order valence-electron chi connectivity index (χ2n) is 6.47. The lowest BCUT2D eigenvalue weighted by molar-refractivity contribution is -0.118. The fourth-order valence-corrected chi connectivity index (χ4v) is 3.25. The van der Waals surface area contributed by atoms with Crippen molar-refractivity contribution in [1.82, 2.24) is 14.7 Å². The Morgan fingerprint density at radius 2 is 2.35 bits per heavy atom. The largest absolute Gasteiger partial charge is 0.468 e. The molecule has 0 spiro atoms. The number of aryl methyl sites for hydroxylation is 2. The van der Waals surface area contributed by atoms with Crippen LogP contribution < -0.4 is 5.32 Å². The van der Waals surface area contributed by atoms with E-state index in [2.05, 4.69) is 22.2 Å². The highest BCUT2D eigenvalue weighted by Crippen LogP contribution is 2.33. The van der Waals surface area contributed by atoms with Gasteiger partial charge in [-0.05, 0) is 44.4 Å². The quantitative estimate of drug-likeness (QED) is 0.942. The number of furan rings is 1. The average molecular weight is 316 g/mol. The molecule has 2 aromatic heterocycles. The highest BCUT2D eigenvalue weighted by atomic mass is 16.3. The highest BCUT2D eigenvalue weighted by molar-refractivity contribution is 5.91. The molecule has 0 unspecified atom stereocenters. The van der Waals surface area contributed by atoms with Crippen molar-refractivity contribution in [3.8, 4) is 0 Å². The van der Waals surface area contributed by atoms with E-state index in [1.54, 1.807) is 10.9 Å². The van der Waals surface area contributed by atoms with Crippen LogP contribution in [0.5, 0.6) is 0 Å². The van der Waals surface area contributed by atoms with Crippen molar-refractivity contribution in [2.24, 2.45) is 13.0 Å². The molecule has 0 aliphatic carbocycles. The summed E-state index contributed by atoms with van der Waals surface area (Å²) in [5.74, 6) is 2.30. The van der Waals surface area contributed by atoms with Crippen LogP contribution in [0.3, 0.4) is 0 Å². The van der Waals surface area contributed by atoms with Gasteiger partial charge in [-0.2, -0.15) is 5.10 Å². The number of nitrogens with zero attached hydrogens (tertiary/aromatic N) is 3. The topological polar surface area (TPSA) is 63.3 Å². The van der Waals surface area contributed by atoms with Crippen molar-refractivity contribution in [3.05, 3.63) is 35.9 Å². The van der Waals surface area contributed by atoms with Crippen molar-refractivity contribution >= 4 is 11.7 Å². The van der Waals surface area contributed by atoms with E-state index >= 15 is 0 Å². The first-order valence-corrected chi connectivity index (χ1v) is 8.11. The Morgan fingerprint density at radius 3 is 3.00 bits per heavy atom. The molecular weight excluding hydrogens is 292 g/mol. The second kappa shape index (κ2) is 6.58. The van der Waals surface area contributed by atoms with Crippen LogP contribution in [0.4, 0.5) is 5.82 Å². The zero-order valence-electron chi connectivity index (χ0n) is 14.0. The smallest absolute Gasteiger partial charge is 0.239 e. The van der Waals surface area contributed by atoms with E-state index in [-0.39, 0.29) is 11.9 Å². The number of aromatic nitrogens is 2. The molecule has 6 heteroatoms. The van der Waals surface area contributed by atoms with Crippen LogP contribution in [-0.4, -0.2) is 33.7 Å². The van der Waals surface area contributed by atoms with Gasteiger partial charge in [0.15, 0.2) is 0 Å². The molecule has 3 heterocycles. The van der Waals surface area contributed by atoms with Crippen molar-refractivity contribution < 1.29 is 9.21 Å².